The number of carbonyl (C=O) groups is 1. The molecule has 3 nitrogen and oxygen atoms in total. The van der Waals surface area contributed by atoms with Gasteiger partial charge < -0.3 is 5.11 Å². The molecule has 0 saturated carbocycles. The van der Waals surface area contributed by atoms with Gasteiger partial charge in [0.1, 0.15) is 0 Å². The van der Waals surface area contributed by atoms with E-state index in [9.17, 15) is 4.79 Å². The fraction of sp³-hybridized carbons (Fsp3) is 0.727. The molecule has 0 fully saturated rings. The van der Waals surface area contributed by atoms with E-state index < -0.39 is 5.97 Å². The lowest BCUT2D eigenvalue weighted by Crippen LogP contribution is -2.32. The molecule has 0 rings (SSSR count). The molecule has 0 aromatic heterocycles. The Labute approximate surface area is 86.1 Å². The van der Waals surface area contributed by atoms with Gasteiger partial charge in [-0.15, -0.1) is 12.3 Å². The van der Waals surface area contributed by atoms with Crippen molar-refractivity contribution in [1.82, 2.24) is 4.90 Å². The van der Waals surface area contributed by atoms with Gasteiger partial charge in [-0.2, -0.15) is 0 Å². The van der Waals surface area contributed by atoms with Crippen molar-refractivity contribution >= 4 is 5.97 Å². The minimum atomic E-state index is -0.731. The van der Waals surface area contributed by atoms with E-state index in [0.717, 1.165) is 19.5 Å². The van der Waals surface area contributed by atoms with Crippen LogP contribution in [0.2, 0.25) is 0 Å². The van der Waals surface area contributed by atoms with E-state index in [2.05, 4.69) is 24.7 Å². The van der Waals surface area contributed by atoms with Gasteiger partial charge in [0.05, 0.1) is 0 Å². The van der Waals surface area contributed by atoms with Crippen LogP contribution in [0.25, 0.3) is 0 Å². The highest BCUT2D eigenvalue weighted by Gasteiger charge is 2.08. The molecule has 14 heavy (non-hydrogen) atoms. The van der Waals surface area contributed by atoms with E-state index >= 15 is 0 Å². The van der Waals surface area contributed by atoms with Crippen molar-refractivity contribution in [1.29, 1.82) is 0 Å². The summed E-state index contributed by atoms with van der Waals surface area (Å²) in [5.74, 6) is 1.86. The molecular formula is C11H19NO2. The average molecular weight is 197 g/mol. The lowest BCUT2D eigenvalue weighted by molar-refractivity contribution is -0.137. The van der Waals surface area contributed by atoms with Crippen LogP contribution in [0.3, 0.4) is 0 Å². The summed E-state index contributed by atoms with van der Waals surface area (Å²) < 4.78 is 0. The van der Waals surface area contributed by atoms with Gasteiger partial charge in [-0.1, -0.05) is 0 Å². The number of carboxylic acid groups (broad SMARTS) is 1. The number of carboxylic acids is 1. The first-order chi connectivity index (χ1) is 6.57. The molecule has 0 aliphatic heterocycles. The molecule has 0 amide bonds. The molecule has 0 bridgehead atoms. The molecular weight excluding hydrogens is 178 g/mol. The summed E-state index contributed by atoms with van der Waals surface area (Å²) in [6, 6.07) is 0.428. The highest BCUT2D eigenvalue weighted by Crippen LogP contribution is 2.02. The normalized spacial score (nSPS) is 10.5. The van der Waals surface area contributed by atoms with Gasteiger partial charge in [-0.25, -0.2) is 0 Å². The molecule has 0 saturated heterocycles. The smallest absolute Gasteiger partial charge is 0.303 e. The van der Waals surface area contributed by atoms with Crippen LogP contribution >= 0.6 is 0 Å². The van der Waals surface area contributed by atoms with Crippen LogP contribution in [0.4, 0.5) is 0 Å². The highest BCUT2D eigenvalue weighted by molar-refractivity contribution is 5.66. The molecule has 0 aromatic carbocycles. The van der Waals surface area contributed by atoms with Crippen LogP contribution in [0.5, 0.6) is 0 Å². The second-order valence-corrected chi connectivity index (χ2v) is 3.58. The number of hydrogen-bond donors (Lipinski definition) is 1. The molecule has 0 atom stereocenters. The summed E-state index contributed by atoms with van der Waals surface area (Å²) in [5, 5.41) is 8.49. The van der Waals surface area contributed by atoms with Crippen molar-refractivity contribution in [3.05, 3.63) is 0 Å². The van der Waals surface area contributed by atoms with Crippen LogP contribution in [-0.4, -0.2) is 35.1 Å². The van der Waals surface area contributed by atoms with Gasteiger partial charge in [-0.05, 0) is 26.8 Å². The maximum absolute atomic E-state index is 10.3. The van der Waals surface area contributed by atoms with Crippen LogP contribution in [0.15, 0.2) is 0 Å². The van der Waals surface area contributed by atoms with Gasteiger partial charge >= 0.3 is 5.97 Å². The van der Waals surface area contributed by atoms with Crippen molar-refractivity contribution in [2.75, 3.05) is 13.1 Å². The summed E-state index contributed by atoms with van der Waals surface area (Å²) in [6.07, 6.45) is 6.84. The predicted molar refractivity (Wildman–Crippen MR) is 57.0 cm³/mol. The molecule has 0 spiro atoms. The van der Waals surface area contributed by atoms with E-state index in [1.807, 2.05) is 0 Å². The van der Waals surface area contributed by atoms with E-state index in [1.54, 1.807) is 0 Å². The molecule has 0 aliphatic carbocycles. The Morgan fingerprint density at radius 3 is 2.57 bits per heavy atom. The first kappa shape index (κ1) is 13.0. The van der Waals surface area contributed by atoms with Crippen molar-refractivity contribution in [2.24, 2.45) is 0 Å². The standard InChI is InChI=1S/C11H19NO2/c1-4-5-8-12(10(2)3)9-6-7-11(13)14/h1,10H,5-9H2,2-3H3,(H,13,14). The van der Waals surface area contributed by atoms with E-state index in [4.69, 9.17) is 11.5 Å². The van der Waals surface area contributed by atoms with Crippen molar-refractivity contribution in [3.63, 3.8) is 0 Å². The number of nitrogens with zero attached hydrogens (tertiary/aromatic N) is 1. The zero-order valence-electron chi connectivity index (χ0n) is 8.99. The summed E-state index contributed by atoms with van der Waals surface area (Å²) in [5.41, 5.74) is 0. The Morgan fingerprint density at radius 1 is 1.50 bits per heavy atom. The van der Waals surface area contributed by atoms with E-state index in [0.29, 0.717) is 12.5 Å². The summed E-state index contributed by atoms with van der Waals surface area (Å²) in [6.45, 7) is 5.86. The first-order valence-corrected chi connectivity index (χ1v) is 4.97. The Hall–Kier alpha value is -1.01. The van der Waals surface area contributed by atoms with Crippen molar-refractivity contribution in [3.8, 4) is 12.3 Å². The van der Waals surface area contributed by atoms with Crippen molar-refractivity contribution in [2.45, 2.75) is 39.2 Å². The lowest BCUT2D eigenvalue weighted by Gasteiger charge is -2.25. The SMILES string of the molecule is C#CCCN(CCCC(=O)O)C(C)C. The lowest BCUT2D eigenvalue weighted by atomic mass is 10.2. The van der Waals surface area contributed by atoms with Crippen LogP contribution in [0.1, 0.15) is 33.1 Å². The van der Waals surface area contributed by atoms with Gasteiger partial charge in [0.15, 0.2) is 0 Å². The zero-order chi connectivity index (χ0) is 11.0. The fourth-order valence-corrected chi connectivity index (χ4v) is 1.27. The van der Waals surface area contributed by atoms with Crippen LogP contribution in [-0.2, 0) is 4.79 Å². The van der Waals surface area contributed by atoms with Gasteiger partial charge in [0.25, 0.3) is 0 Å². The average Bonchev–Trinajstić information content (AvgIpc) is 2.09. The van der Waals surface area contributed by atoms with Crippen LogP contribution in [0, 0.1) is 12.3 Å². The second-order valence-electron chi connectivity index (χ2n) is 3.58. The number of aliphatic carboxylic acids is 1. The third-order valence-electron chi connectivity index (χ3n) is 2.11. The molecule has 0 aliphatic rings. The first-order valence-electron chi connectivity index (χ1n) is 4.97. The molecule has 1 N–H and O–H groups in total. The molecule has 0 heterocycles. The maximum atomic E-state index is 10.3. The van der Waals surface area contributed by atoms with E-state index in [-0.39, 0.29) is 6.42 Å². The van der Waals surface area contributed by atoms with Crippen molar-refractivity contribution < 1.29 is 9.90 Å². The Balaban J connectivity index is 3.74. The largest absolute Gasteiger partial charge is 0.481 e. The highest BCUT2D eigenvalue weighted by atomic mass is 16.4. The van der Waals surface area contributed by atoms with Gasteiger partial charge in [0.2, 0.25) is 0 Å². The molecule has 0 aromatic rings. The molecule has 0 unspecified atom stereocenters. The topological polar surface area (TPSA) is 40.5 Å². The second kappa shape index (κ2) is 7.40. The Bertz CT molecular complexity index is 206. The van der Waals surface area contributed by atoms with E-state index in [1.165, 1.54) is 0 Å². The number of rotatable bonds is 7. The monoisotopic (exact) mass is 197 g/mol. The van der Waals surface area contributed by atoms with Gasteiger partial charge in [-0.3, -0.25) is 9.69 Å². The molecule has 0 radical (unpaired) electrons. The Kier molecular flexibility index (Phi) is 6.87. The minimum absolute atomic E-state index is 0.235. The fourth-order valence-electron chi connectivity index (χ4n) is 1.27. The van der Waals surface area contributed by atoms with Gasteiger partial charge in [0, 0.05) is 25.4 Å². The Morgan fingerprint density at radius 2 is 2.14 bits per heavy atom. The predicted octanol–water partition coefficient (Wildman–Crippen LogP) is 1.58. The third-order valence-corrected chi connectivity index (χ3v) is 2.11. The molecule has 3 heteroatoms. The summed E-state index contributed by atoms with van der Waals surface area (Å²) in [7, 11) is 0. The summed E-state index contributed by atoms with van der Waals surface area (Å²) >= 11 is 0. The molecule has 80 valence electrons. The number of hydrogen-bond acceptors (Lipinski definition) is 2. The number of terminal acetylenes is 1. The minimum Gasteiger partial charge on any atom is -0.481 e. The quantitative estimate of drug-likeness (QED) is 0.630. The summed E-state index contributed by atoms with van der Waals surface area (Å²) in [4.78, 5) is 12.5. The third kappa shape index (κ3) is 6.50. The maximum Gasteiger partial charge on any atom is 0.303 e. The van der Waals surface area contributed by atoms with Crippen LogP contribution < -0.4 is 0 Å². The zero-order valence-corrected chi connectivity index (χ0v) is 8.99.